The van der Waals surface area contributed by atoms with Gasteiger partial charge in [-0.15, -0.1) is 0 Å². The van der Waals surface area contributed by atoms with Crippen LogP contribution in [0.4, 0.5) is 0 Å². The molecule has 0 unspecified atom stereocenters. The van der Waals surface area contributed by atoms with Gasteiger partial charge in [-0.3, -0.25) is 14.4 Å². The maximum Gasteiger partial charge on any atom is 0.187 e. The summed E-state index contributed by atoms with van der Waals surface area (Å²) in [7, 11) is 0. The van der Waals surface area contributed by atoms with Gasteiger partial charge in [-0.1, -0.05) is 20.8 Å². The van der Waals surface area contributed by atoms with E-state index in [-0.39, 0.29) is 30.0 Å². The lowest BCUT2D eigenvalue weighted by atomic mass is 9.60. The molecule has 0 radical (unpaired) electrons. The molecule has 0 aromatic rings. The van der Waals surface area contributed by atoms with Gasteiger partial charge in [0.25, 0.3) is 0 Å². The summed E-state index contributed by atoms with van der Waals surface area (Å²) in [5.41, 5.74) is -3.59. The number of carbonyl (C=O) groups is 3. The molecule has 2 rings (SSSR count). The van der Waals surface area contributed by atoms with Gasteiger partial charge in [-0.2, -0.15) is 0 Å². The highest BCUT2D eigenvalue weighted by atomic mass is 16.3. The number of hydrogen-bond donors (Lipinski definition) is 2. The second kappa shape index (κ2) is 4.09. The molecular weight excluding hydrogens is 260 g/mol. The van der Waals surface area contributed by atoms with Crippen molar-refractivity contribution in [3.05, 3.63) is 11.6 Å². The van der Waals surface area contributed by atoms with Crippen LogP contribution in [0.2, 0.25) is 0 Å². The standard InChI is InChI=1S/C15H20O5/c1-13(2)10(17)6-12(19)15(13,4)8-5-11(18)14(3,20)7-9(8)16/h5,12,19-20H,6-7H2,1-4H3/t12-,14-,15+/m1/s1. The lowest BCUT2D eigenvalue weighted by Gasteiger charge is -2.42. The number of aliphatic hydroxyl groups excluding tert-OH is 1. The summed E-state index contributed by atoms with van der Waals surface area (Å²) in [6.45, 7) is 6.29. The van der Waals surface area contributed by atoms with Crippen molar-refractivity contribution in [2.45, 2.75) is 52.2 Å². The van der Waals surface area contributed by atoms with Gasteiger partial charge in [-0.25, -0.2) is 0 Å². The summed E-state index contributed by atoms with van der Waals surface area (Å²) in [6.07, 6.45) is -0.241. The first-order valence-electron chi connectivity index (χ1n) is 6.68. The lowest BCUT2D eigenvalue weighted by Crippen LogP contribution is -2.49. The molecule has 2 aliphatic rings. The Morgan fingerprint density at radius 3 is 2.15 bits per heavy atom. The van der Waals surface area contributed by atoms with E-state index in [1.165, 1.54) is 6.92 Å². The number of aliphatic hydroxyl groups is 2. The van der Waals surface area contributed by atoms with Crippen LogP contribution >= 0.6 is 0 Å². The van der Waals surface area contributed by atoms with Crippen LogP contribution in [0.3, 0.4) is 0 Å². The Balaban J connectivity index is 2.58. The SMILES string of the molecule is CC1(C)C(=O)C[C@@H](O)[C@]1(C)C1=CC(=O)[C@](C)(O)CC1=O. The molecule has 0 spiro atoms. The zero-order valence-electron chi connectivity index (χ0n) is 12.2. The largest absolute Gasteiger partial charge is 0.392 e. The molecular formula is C15H20O5. The van der Waals surface area contributed by atoms with Crippen LogP contribution in [0.5, 0.6) is 0 Å². The third-order valence-corrected chi connectivity index (χ3v) is 5.21. The maximum atomic E-state index is 12.3. The molecule has 3 atom stereocenters. The first-order chi connectivity index (χ1) is 8.94. The van der Waals surface area contributed by atoms with Crippen molar-refractivity contribution in [2.24, 2.45) is 10.8 Å². The highest BCUT2D eigenvalue weighted by Gasteiger charge is 2.61. The third kappa shape index (κ3) is 1.73. The molecule has 5 nitrogen and oxygen atoms in total. The maximum absolute atomic E-state index is 12.3. The number of carbonyl (C=O) groups excluding carboxylic acids is 3. The van der Waals surface area contributed by atoms with Gasteiger partial charge in [0.2, 0.25) is 0 Å². The number of Topliss-reactive ketones (excluding diaryl/α,β-unsaturated/α-hetero) is 2. The van der Waals surface area contributed by atoms with Crippen LogP contribution in [-0.2, 0) is 14.4 Å². The molecule has 20 heavy (non-hydrogen) atoms. The van der Waals surface area contributed by atoms with Crippen molar-refractivity contribution in [1.29, 1.82) is 0 Å². The number of ketones is 3. The topological polar surface area (TPSA) is 91.7 Å². The fourth-order valence-electron chi connectivity index (χ4n) is 3.16. The first kappa shape index (κ1) is 15.1. The number of hydrogen-bond acceptors (Lipinski definition) is 5. The van der Waals surface area contributed by atoms with E-state index in [0.29, 0.717) is 0 Å². The zero-order chi connectivity index (χ0) is 15.5. The number of rotatable bonds is 1. The van der Waals surface area contributed by atoms with Gasteiger partial charge in [0.1, 0.15) is 11.4 Å². The van der Waals surface area contributed by atoms with Crippen LogP contribution < -0.4 is 0 Å². The second-order valence-corrected chi connectivity index (χ2v) is 6.77. The first-order valence-corrected chi connectivity index (χ1v) is 6.68. The van der Waals surface area contributed by atoms with Crippen LogP contribution in [0.25, 0.3) is 0 Å². The molecule has 2 aliphatic carbocycles. The summed E-state index contributed by atoms with van der Waals surface area (Å²) < 4.78 is 0. The van der Waals surface area contributed by atoms with Gasteiger partial charge in [0.15, 0.2) is 11.6 Å². The molecule has 0 amide bonds. The summed E-state index contributed by atoms with van der Waals surface area (Å²) in [5, 5.41) is 20.1. The normalized spacial score (nSPS) is 41.0. The van der Waals surface area contributed by atoms with Crippen LogP contribution in [0, 0.1) is 10.8 Å². The summed E-state index contributed by atoms with van der Waals surface area (Å²) in [5.74, 6) is -1.08. The fraction of sp³-hybridized carbons (Fsp3) is 0.667. The molecule has 1 saturated carbocycles. The van der Waals surface area contributed by atoms with Crippen molar-refractivity contribution in [3.8, 4) is 0 Å². The van der Waals surface area contributed by atoms with E-state index >= 15 is 0 Å². The Hall–Kier alpha value is -1.33. The van der Waals surface area contributed by atoms with Gasteiger partial charge in [-0.05, 0) is 13.0 Å². The molecule has 0 saturated heterocycles. The van der Waals surface area contributed by atoms with Crippen molar-refractivity contribution in [3.63, 3.8) is 0 Å². The van der Waals surface area contributed by atoms with Gasteiger partial charge in [0.05, 0.1) is 6.10 Å². The summed E-state index contributed by atoms with van der Waals surface area (Å²) >= 11 is 0. The molecule has 2 N–H and O–H groups in total. The lowest BCUT2D eigenvalue weighted by molar-refractivity contribution is -0.139. The van der Waals surface area contributed by atoms with Gasteiger partial charge in [0, 0.05) is 29.2 Å². The predicted molar refractivity (Wildman–Crippen MR) is 70.9 cm³/mol. The highest BCUT2D eigenvalue weighted by molar-refractivity contribution is 6.13. The average molecular weight is 280 g/mol. The molecule has 0 aromatic carbocycles. The molecule has 0 aromatic heterocycles. The Labute approximate surface area is 117 Å². The van der Waals surface area contributed by atoms with E-state index in [4.69, 9.17) is 0 Å². The Bertz CT molecular complexity index is 540. The molecule has 0 bridgehead atoms. The van der Waals surface area contributed by atoms with Crippen molar-refractivity contribution in [1.82, 2.24) is 0 Å². The quantitative estimate of drug-likeness (QED) is 0.732. The van der Waals surface area contributed by atoms with Crippen LogP contribution in [0.1, 0.15) is 40.5 Å². The van der Waals surface area contributed by atoms with Gasteiger partial charge < -0.3 is 10.2 Å². The fourth-order valence-corrected chi connectivity index (χ4v) is 3.16. The average Bonchev–Trinajstić information content (AvgIpc) is 2.45. The van der Waals surface area contributed by atoms with Crippen LogP contribution in [0.15, 0.2) is 11.6 Å². The molecule has 0 aliphatic heterocycles. The Morgan fingerprint density at radius 2 is 1.70 bits per heavy atom. The minimum Gasteiger partial charge on any atom is -0.392 e. The molecule has 0 heterocycles. The van der Waals surface area contributed by atoms with Crippen LogP contribution in [-0.4, -0.2) is 39.3 Å². The smallest absolute Gasteiger partial charge is 0.187 e. The molecule has 5 heteroatoms. The second-order valence-electron chi connectivity index (χ2n) is 6.77. The van der Waals surface area contributed by atoms with E-state index < -0.39 is 28.3 Å². The zero-order valence-corrected chi connectivity index (χ0v) is 12.2. The summed E-state index contributed by atoms with van der Waals surface area (Å²) in [4.78, 5) is 36.3. The summed E-state index contributed by atoms with van der Waals surface area (Å²) in [6, 6.07) is 0. The molecule has 110 valence electrons. The van der Waals surface area contributed by atoms with E-state index in [0.717, 1.165) is 6.08 Å². The monoisotopic (exact) mass is 280 g/mol. The van der Waals surface area contributed by atoms with Crippen molar-refractivity contribution >= 4 is 17.3 Å². The molecule has 1 fully saturated rings. The third-order valence-electron chi connectivity index (χ3n) is 5.21. The Kier molecular flexibility index (Phi) is 3.08. The van der Waals surface area contributed by atoms with Gasteiger partial charge >= 0.3 is 0 Å². The highest BCUT2D eigenvalue weighted by Crippen LogP contribution is 2.55. The van der Waals surface area contributed by atoms with E-state index in [1.807, 2.05) is 0 Å². The van der Waals surface area contributed by atoms with E-state index in [1.54, 1.807) is 20.8 Å². The van der Waals surface area contributed by atoms with E-state index in [9.17, 15) is 24.6 Å². The predicted octanol–water partition coefficient (Wildman–Crippen LogP) is 0.572. The van der Waals surface area contributed by atoms with Crippen molar-refractivity contribution in [2.75, 3.05) is 0 Å². The minimum absolute atomic E-state index is 0.0291. The van der Waals surface area contributed by atoms with Crippen molar-refractivity contribution < 1.29 is 24.6 Å². The van der Waals surface area contributed by atoms with E-state index in [2.05, 4.69) is 0 Å². The minimum atomic E-state index is -1.70. The Morgan fingerprint density at radius 1 is 1.15 bits per heavy atom.